The summed E-state index contributed by atoms with van der Waals surface area (Å²) in [7, 11) is 1.60. The van der Waals surface area contributed by atoms with E-state index in [0.717, 1.165) is 11.6 Å². The maximum Gasteiger partial charge on any atom is 2.00 e. The monoisotopic (exact) mass is 276 g/mol. The second-order valence-corrected chi connectivity index (χ2v) is 4.35. The van der Waals surface area contributed by atoms with Gasteiger partial charge < -0.3 is 12.4 Å². The van der Waals surface area contributed by atoms with E-state index in [9.17, 15) is 4.79 Å². The molecule has 1 saturated carbocycles. The second kappa shape index (κ2) is 5.95. The number of hydrogen-bond acceptors (Lipinski definition) is 3. The van der Waals surface area contributed by atoms with Crippen molar-refractivity contribution < 1.29 is 12.4 Å². The summed E-state index contributed by atoms with van der Waals surface area (Å²) in [5.41, 5.74) is 0.629. The third-order valence-electron chi connectivity index (χ3n) is 3.10. The molecule has 2 aliphatic carbocycles. The molecule has 1 aromatic heterocycles. The van der Waals surface area contributed by atoms with Gasteiger partial charge in [0.05, 0.1) is 0 Å². The number of nitrogens with zero attached hydrogens (tertiary/aromatic N) is 4. The fourth-order valence-electron chi connectivity index (χ4n) is 1.98. The number of tetrazole rings is 1. The quantitative estimate of drug-likeness (QED) is 0.435. The van der Waals surface area contributed by atoms with Crippen molar-refractivity contribution in [2.24, 2.45) is 18.9 Å². The fourth-order valence-corrected chi connectivity index (χ4v) is 1.98. The molecule has 7 heteroatoms. The first-order chi connectivity index (χ1) is 7.75. The molecule has 0 spiro atoms. The van der Waals surface area contributed by atoms with E-state index in [-0.39, 0.29) is 41.1 Å². The van der Waals surface area contributed by atoms with Gasteiger partial charge in [0.2, 0.25) is 0 Å². The first kappa shape index (κ1) is 15.3. The molecule has 18 heavy (non-hydrogen) atoms. The zero-order chi connectivity index (χ0) is 11.1. The normalized spacial score (nSPS) is 21.4. The number of halogens is 1. The fraction of sp³-hybridized carbons (Fsp3) is 0.455. The van der Waals surface area contributed by atoms with Crippen molar-refractivity contribution in [1.29, 1.82) is 0 Å². The van der Waals surface area contributed by atoms with E-state index < -0.39 is 0 Å². The summed E-state index contributed by atoms with van der Waals surface area (Å²) in [5.74, 6) is 1.21. The van der Waals surface area contributed by atoms with Gasteiger partial charge in [-0.25, -0.2) is 4.79 Å². The predicted molar refractivity (Wildman–Crippen MR) is 64.9 cm³/mol. The molecule has 0 radical (unpaired) electrons. The van der Waals surface area contributed by atoms with Crippen LogP contribution in [0.3, 0.4) is 0 Å². The molecule has 1 fully saturated rings. The Kier molecular flexibility index (Phi) is 5.06. The van der Waals surface area contributed by atoms with Gasteiger partial charge in [-0.05, 0) is 16.3 Å². The van der Waals surface area contributed by atoms with Crippen molar-refractivity contribution in [3.63, 3.8) is 0 Å². The molecule has 2 aliphatic rings. The van der Waals surface area contributed by atoms with Crippen LogP contribution in [0.25, 0.3) is 5.70 Å². The van der Waals surface area contributed by atoms with Crippen molar-refractivity contribution in [2.45, 2.75) is 12.8 Å². The standard InChI is InChI=1S/C11H13N4O.ClH.Mg/c1-14-11(16)15(13-12-14)10-4-2-3-9(7-10)8-5-6-8;;/h2-4,7-9H,5-6H2,1H3;1H;/q-1;;+2/p-1. The minimum Gasteiger partial charge on any atom is -1.00 e. The molecule has 1 unspecified atom stereocenters. The molecular weight excluding hydrogens is 264 g/mol. The molecule has 0 aliphatic heterocycles. The van der Waals surface area contributed by atoms with Gasteiger partial charge in [0.1, 0.15) is 0 Å². The summed E-state index contributed by atoms with van der Waals surface area (Å²) in [6.07, 6.45) is 10.8. The van der Waals surface area contributed by atoms with Gasteiger partial charge in [0.25, 0.3) is 0 Å². The molecule has 1 aromatic rings. The molecule has 3 rings (SSSR count). The molecule has 0 aromatic carbocycles. The third-order valence-corrected chi connectivity index (χ3v) is 3.10. The first-order valence-corrected chi connectivity index (χ1v) is 5.48. The van der Waals surface area contributed by atoms with Gasteiger partial charge >= 0.3 is 28.7 Å². The Morgan fingerprint density at radius 1 is 1.39 bits per heavy atom. The number of hydrogen-bond donors (Lipinski definition) is 0. The summed E-state index contributed by atoms with van der Waals surface area (Å²) in [4.78, 5) is 11.7. The van der Waals surface area contributed by atoms with Gasteiger partial charge in [-0.2, -0.15) is 21.9 Å². The minimum absolute atomic E-state index is 0. The smallest absolute Gasteiger partial charge is 1.00 e. The van der Waals surface area contributed by atoms with Crippen molar-refractivity contribution in [3.05, 3.63) is 35.1 Å². The van der Waals surface area contributed by atoms with E-state index in [1.807, 2.05) is 12.2 Å². The Hall–Kier alpha value is -0.724. The van der Waals surface area contributed by atoms with Gasteiger partial charge in [-0.1, -0.05) is 24.5 Å². The zero-order valence-corrected chi connectivity index (χ0v) is 12.3. The van der Waals surface area contributed by atoms with E-state index >= 15 is 0 Å². The van der Waals surface area contributed by atoms with E-state index in [1.165, 1.54) is 22.2 Å². The summed E-state index contributed by atoms with van der Waals surface area (Å²) in [6, 6.07) is 0. The molecule has 1 heterocycles. The van der Waals surface area contributed by atoms with Crippen LogP contribution in [0.1, 0.15) is 12.8 Å². The SMILES string of the molecule is Cn1nnn(C2=CC=CC(C3CC3)[CH-]2)c1=O.[Cl-].[Mg+2]. The van der Waals surface area contributed by atoms with Crippen LogP contribution in [-0.4, -0.2) is 42.8 Å². The Balaban J connectivity index is 0.000000810. The van der Waals surface area contributed by atoms with E-state index in [0.29, 0.717) is 5.92 Å². The number of rotatable bonds is 2. The van der Waals surface area contributed by atoms with E-state index in [4.69, 9.17) is 0 Å². The second-order valence-electron chi connectivity index (χ2n) is 4.35. The molecule has 0 amide bonds. The van der Waals surface area contributed by atoms with Crippen LogP contribution in [0, 0.1) is 18.3 Å². The van der Waals surface area contributed by atoms with Crippen molar-refractivity contribution in [1.82, 2.24) is 19.8 Å². The minimum atomic E-state index is -0.202. The molecule has 1 atom stereocenters. The van der Waals surface area contributed by atoms with Crippen LogP contribution in [0.15, 0.2) is 23.0 Å². The van der Waals surface area contributed by atoms with E-state index in [1.54, 1.807) is 7.05 Å². The maximum atomic E-state index is 11.7. The Morgan fingerprint density at radius 2 is 2.11 bits per heavy atom. The Labute approximate surface area is 127 Å². The van der Waals surface area contributed by atoms with Crippen molar-refractivity contribution in [2.75, 3.05) is 0 Å². The first-order valence-electron chi connectivity index (χ1n) is 5.48. The molecule has 0 N–H and O–H groups in total. The molecular formula is C11H13ClMgN4O. The Morgan fingerprint density at radius 3 is 2.67 bits per heavy atom. The molecule has 0 saturated heterocycles. The maximum absolute atomic E-state index is 11.7. The van der Waals surface area contributed by atoms with Gasteiger partial charge in [0.15, 0.2) is 0 Å². The van der Waals surface area contributed by atoms with Gasteiger partial charge in [-0.15, -0.1) is 12.2 Å². The van der Waals surface area contributed by atoms with Crippen molar-refractivity contribution >= 4 is 28.7 Å². The number of aryl methyl sites for hydroxylation is 1. The summed E-state index contributed by atoms with van der Waals surface area (Å²) >= 11 is 0. The summed E-state index contributed by atoms with van der Waals surface area (Å²) in [6.45, 7) is 0. The largest absolute Gasteiger partial charge is 2.00 e. The molecule has 0 bridgehead atoms. The average molecular weight is 277 g/mol. The van der Waals surface area contributed by atoms with Gasteiger partial charge in [0, 0.05) is 7.05 Å². The topological polar surface area (TPSA) is 52.7 Å². The van der Waals surface area contributed by atoms with Crippen LogP contribution in [0.4, 0.5) is 0 Å². The number of allylic oxidation sites excluding steroid dienone is 4. The summed E-state index contributed by atoms with van der Waals surface area (Å²) in [5, 5.41) is 7.55. The third kappa shape index (κ3) is 2.81. The van der Waals surface area contributed by atoms with Crippen LogP contribution < -0.4 is 18.1 Å². The summed E-state index contributed by atoms with van der Waals surface area (Å²) < 4.78 is 2.58. The van der Waals surface area contributed by atoms with Gasteiger partial charge in [-0.3, -0.25) is 0 Å². The average Bonchev–Trinajstić information content (AvgIpc) is 3.08. The van der Waals surface area contributed by atoms with Crippen LogP contribution in [0.5, 0.6) is 0 Å². The van der Waals surface area contributed by atoms with Crippen LogP contribution in [-0.2, 0) is 7.05 Å². The molecule has 92 valence electrons. The van der Waals surface area contributed by atoms with Crippen LogP contribution >= 0.6 is 0 Å². The predicted octanol–water partition coefficient (Wildman–Crippen LogP) is -2.76. The van der Waals surface area contributed by atoms with Crippen LogP contribution in [0.2, 0.25) is 0 Å². The zero-order valence-electron chi connectivity index (χ0n) is 10.2. The van der Waals surface area contributed by atoms with E-state index in [2.05, 4.69) is 22.9 Å². The molecule has 5 nitrogen and oxygen atoms in total. The number of aromatic nitrogens is 4. The Bertz CT molecular complexity index is 529. The van der Waals surface area contributed by atoms with Crippen molar-refractivity contribution in [3.8, 4) is 0 Å².